The molecule has 0 spiro atoms. The molecule has 0 aliphatic carbocycles. The van der Waals surface area contributed by atoms with Crippen molar-refractivity contribution in [1.82, 2.24) is 24.7 Å². The molecular formula is C13H21N7. The summed E-state index contributed by atoms with van der Waals surface area (Å²) >= 11 is 0. The predicted molar refractivity (Wildman–Crippen MR) is 77.2 cm³/mol. The van der Waals surface area contributed by atoms with Crippen LogP contribution in [0.1, 0.15) is 19.8 Å². The maximum absolute atomic E-state index is 5.84. The average molecular weight is 275 g/mol. The molecule has 0 radical (unpaired) electrons. The number of hydrogen-bond donors (Lipinski definition) is 2. The van der Waals surface area contributed by atoms with Crippen LogP contribution in [0.15, 0.2) is 12.5 Å². The highest BCUT2D eigenvalue weighted by molar-refractivity contribution is 5.50. The molecule has 0 saturated carbocycles. The summed E-state index contributed by atoms with van der Waals surface area (Å²) in [5, 5.41) is 7.27. The molecular weight excluding hydrogens is 254 g/mol. The molecule has 1 aliphatic rings. The summed E-state index contributed by atoms with van der Waals surface area (Å²) in [5.74, 6) is 1.47. The first-order valence-corrected chi connectivity index (χ1v) is 6.95. The van der Waals surface area contributed by atoms with Crippen LogP contribution >= 0.6 is 0 Å². The lowest BCUT2D eigenvalue weighted by atomic mass is 9.81. The van der Waals surface area contributed by atoms with Gasteiger partial charge in [-0.1, -0.05) is 6.92 Å². The van der Waals surface area contributed by atoms with E-state index in [-0.39, 0.29) is 5.41 Å². The molecule has 1 fully saturated rings. The molecule has 3 N–H and O–H groups in total. The fourth-order valence-electron chi connectivity index (χ4n) is 2.49. The van der Waals surface area contributed by atoms with Crippen molar-refractivity contribution in [2.24, 2.45) is 18.2 Å². The SMILES string of the molecule is Cn1cnc(-c2nc(N3CCC(C)(CN)CC3)n[nH]2)c1. The number of rotatable bonds is 3. The van der Waals surface area contributed by atoms with Gasteiger partial charge in [0, 0.05) is 26.3 Å². The van der Waals surface area contributed by atoms with Crippen LogP contribution in [0.5, 0.6) is 0 Å². The highest BCUT2D eigenvalue weighted by Crippen LogP contribution is 2.31. The van der Waals surface area contributed by atoms with Crippen LogP contribution in [-0.2, 0) is 7.05 Å². The minimum Gasteiger partial charge on any atom is -0.340 e. The number of hydrogen-bond acceptors (Lipinski definition) is 5. The molecule has 3 rings (SSSR count). The maximum Gasteiger partial charge on any atom is 0.245 e. The highest BCUT2D eigenvalue weighted by Gasteiger charge is 2.30. The van der Waals surface area contributed by atoms with E-state index in [1.165, 1.54) is 0 Å². The van der Waals surface area contributed by atoms with Gasteiger partial charge in [-0.05, 0) is 24.8 Å². The standard InChI is InChI=1S/C13H21N7/c1-13(8-14)3-5-20(6-4-13)12-16-11(17-18-12)10-7-19(2)9-15-10/h7,9H,3-6,8,14H2,1-2H3,(H,16,17,18). The predicted octanol–water partition coefficient (Wildman–Crippen LogP) is 0.770. The molecule has 2 aromatic rings. The zero-order chi connectivity index (χ0) is 14.2. The van der Waals surface area contributed by atoms with Crippen LogP contribution in [0.2, 0.25) is 0 Å². The number of aryl methyl sites for hydroxylation is 1. The Hall–Kier alpha value is -1.89. The third kappa shape index (κ3) is 2.40. The quantitative estimate of drug-likeness (QED) is 0.863. The molecule has 7 nitrogen and oxygen atoms in total. The smallest absolute Gasteiger partial charge is 0.245 e. The van der Waals surface area contributed by atoms with E-state index in [1.54, 1.807) is 6.33 Å². The number of nitrogens with two attached hydrogens (primary N) is 1. The minimum atomic E-state index is 0.261. The van der Waals surface area contributed by atoms with E-state index in [4.69, 9.17) is 5.73 Å². The number of aromatic amines is 1. The number of nitrogens with one attached hydrogen (secondary N) is 1. The average Bonchev–Trinajstić information content (AvgIpc) is 3.08. The second-order valence-corrected chi connectivity index (χ2v) is 5.91. The van der Waals surface area contributed by atoms with Crippen LogP contribution in [0.25, 0.3) is 11.5 Å². The number of imidazole rings is 1. The Morgan fingerprint density at radius 3 is 2.75 bits per heavy atom. The lowest BCUT2D eigenvalue weighted by molar-refractivity contribution is 0.257. The second-order valence-electron chi connectivity index (χ2n) is 5.91. The van der Waals surface area contributed by atoms with Crippen LogP contribution in [-0.4, -0.2) is 44.4 Å². The van der Waals surface area contributed by atoms with Gasteiger partial charge < -0.3 is 15.2 Å². The first kappa shape index (κ1) is 13.1. The first-order chi connectivity index (χ1) is 9.59. The summed E-state index contributed by atoms with van der Waals surface area (Å²) in [6.07, 6.45) is 5.84. The molecule has 2 aromatic heterocycles. The summed E-state index contributed by atoms with van der Waals surface area (Å²) < 4.78 is 1.89. The van der Waals surface area contributed by atoms with Crippen LogP contribution in [0.4, 0.5) is 5.95 Å². The van der Waals surface area contributed by atoms with E-state index in [1.807, 2.05) is 17.8 Å². The largest absolute Gasteiger partial charge is 0.340 e. The van der Waals surface area contributed by atoms with Gasteiger partial charge in [-0.3, -0.25) is 5.10 Å². The van der Waals surface area contributed by atoms with E-state index in [2.05, 4.69) is 32.0 Å². The monoisotopic (exact) mass is 275 g/mol. The van der Waals surface area contributed by atoms with E-state index in [0.717, 1.165) is 44.1 Å². The van der Waals surface area contributed by atoms with Crippen molar-refractivity contribution < 1.29 is 0 Å². The number of H-pyrrole nitrogens is 1. The molecule has 0 amide bonds. The topological polar surface area (TPSA) is 88.7 Å². The Bertz CT molecular complexity index is 577. The van der Waals surface area contributed by atoms with Crippen LogP contribution in [0, 0.1) is 5.41 Å². The minimum absolute atomic E-state index is 0.261. The molecule has 0 bridgehead atoms. The molecule has 20 heavy (non-hydrogen) atoms. The maximum atomic E-state index is 5.84. The fraction of sp³-hybridized carbons (Fsp3) is 0.615. The summed E-state index contributed by atoms with van der Waals surface area (Å²) in [6.45, 7) is 4.90. The van der Waals surface area contributed by atoms with Crippen LogP contribution in [0.3, 0.4) is 0 Å². The van der Waals surface area contributed by atoms with Crippen LogP contribution < -0.4 is 10.6 Å². The molecule has 0 aromatic carbocycles. The summed E-state index contributed by atoms with van der Waals surface area (Å²) in [5.41, 5.74) is 6.91. The van der Waals surface area contributed by atoms with Crippen molar-refractivity contribution in [3.8, 4) is 11.5 Å². The lowest BCUT2D eigenvalue weighted by Crippen LogP contribution is -2.42. The molecule has 1 aliphatic heterocycles. The molecule has 108 valence electrons. The Balaban J connectivity index is 1.72. The van der Waals surface area contributed by atoms with Gasteiger partial charge in [-0.25, -0.2) is 4.98 Å². The van der Waals surface area contributed by atoms with Gasteiger partial charge in [0.05, 0.1) is 6.33 Å². The van der Waals surface area contributed by atoms with Gasteiger partial charge in [0.2, 0.25) is 5.95 Å². The molecule has 3 heterocycles. The summed E-state index contributed by atoms with van der Waals surface area (Å²) in [4.78, 5) is 11.0. The normalized spacial score (nSPS) is 18.4. The molecule has 1 saturated heterocycles. The van der Waals surface area contributed by atoms with E-state index in [0.29, 0.717) is 5.82 Å². The number of aromatic nitrogens is 5. The van der Waals surface area contributed by atoms with Crippen molar-refractivity contribution in [2.45, 2.75) is 19.8 Å². The van der Waals surface area contributed by atoms with Crippen molar-refractivity contribution in [2.75, 3.05) is 24.5 Å². The van der Waals surface area contributed by atoms with E-state index >= 15 is 0 Å². The van der Waals surface area contributed by atoms with Gasteiger partial charge in [-0.2, -0.15) is 4.98 Å². The summed E-state index contributed by atoms with van der Waals surface area (Å²) in [6, 6.07) is 0. The molecule has 0 atom stereocenters. The van der Waals surface area contributed by atoms with Gasteiger partial charge in [-0.15, -0.1) is 5.10 Å². The van der Waals surface area contributed by atoms with Gasteiger partial charge in [0.25, 0.3) is 0 Å². The fourth-order valence-corrected chi connectivity index (χ4v) is 2.49. The van der Waals surface area contributed by atoms with Crippen molar-refractivity contribution in [1.29, 1.82) is 0 Å². The Morgan fingerprint density at radius 1 is 1.40 bits per heavy atom. The number of piperidine rings is 1. The van der Waals surface area contributed by atoms with Crippen molar-refractivity contribution >= 4 is 5.95 Å². The number of nitrogens with zero attached hydrogens (tertiary/aromatic N) is 5. The second kappa shape index (κ2) is 4.90. The van der Waals surface area contributed by atoms with Gasteiger partial charge >= 0.3 is 0 Å². The van der Waals surface area contributed by atoms with E-state index < -0.39 is 0 Å². The zero-order valence-corrected chi connectivity index (χ0v) is 12.0. The summed E-state index contributed by atoms with van der Waals surface area (Å²) in [7, 11) is 1.94. The third-order valence-corrected chi connectivity index (χ3v) is 4.17. The third-order valence-electron chi connectivity index (χ3n) is 4.17. The Morgan fingerprint density at radius 2 is 2.15 bits per heavy atom. The molecule has 7 heteroatoms. The highest BCUT2D eigenvalue weighted by atomic mass is 15.4. The Kier molecular flexibility index (Phi) is 3.21. The first-order valence-electron chi connectivity index (χ1n) is 6.95. The van der Waals surface area contributed by atoms with Crippen molar-refractivity contribution in [3.63, 3.8) is 0 Å². The number of anilines is 1. The molecule has 0 unspecified atom stereocenters. The zero-order valence-electron chi connectivity index (χ0n) is 12.0. The Labute approximate surface area is 118 Å². The van der Waals surface area contributed by atoms with E-state index in [9.17, 15) is 0 Å². The van der Waals surface area contributed by atoms with Crippen molar-refractivity contribution in [3.05, 3.63) is 12.5 Å². The van der Waals surface area contributed by atoms with Gasteiger partial charge in [0.15, 0.2) is 5.82 Å². The van der Waals surface area contributed by atoms with Gasteiger partial charge in [0.1, 0.15) is 5.69 Å². The lowest BCUT2D eigenvalue weighted by Gasteiger charge is -2.38.